The molecule has 1 rings (SSSR count). The summed E-state index contributed by atoms with van der Waals surface area (Å²) in [4.78, 5) is 33.6. The van der Waals surface area contributed by atoms with E-state index in [-0.39, 0.29) is 5.56 Å². The van der Waals surface area contributed by atoms with Gasteiger partial charge < -0.3 is 22.1 Å². The molecule has 0 saturated heterocycles. The van der Waals surface area contributed by atoms with Crippen molar-refractivity contribution in [2.45, 2.75) is 25.2 Å². The third-order valence-corrected chi connectivity index (χ3v) is 2.92. The quantitative estimate of drug-likeness (QED) is 0.583. The molecule has 1 atom stereocenters. The van der Waals surface area contributed by atoms with Crippen molar-refractivity contribution in [1.82, 2.24) is 10.6 Å². The number of alkyl halides is 3. The first kappa shape index (κ1) is 18.3. The molecule has 23 heavy (non-hydrogen) atoms. The fraction of sp³-hybridized carbons (Fsp3) is 0.308. The second kappa shape index (κ2) is 6.99. The predicted molar refractivity (Wildman–Crippen MR) is 73.7 cm³/mol. The number of hydrogen-bond acceptors (Lipinski definition) is 3. The van der Waals surface area contributed by atoms with Crippen LogP contribution >= 0.6 is 0 Å². The van der Waals surface area contributed by atoms with Gasteiger partial charge in [0.15, 0.2) is 6.04 Å². The van der Waals surface area contributed by atoms with Gasteiger partial charge in [0.2, 0.25) is 11.8 Å². The van der Waals surface area contributed by atoms with E-state index in [1.165, 1.54) is 25.1 Å². The number of nitrogens with two attached hydrogens (primary N) is 2. The lowest BCUT2D eigenvalue weighted by molar-refractivity contribution is -0.138. The van der Waals surface area contributed by atoms with Crippen LogP contribution in [-0.2, 0) is 15.8 Å². The van der Waals surface area contributed by atoms with Gasteiger partial charge in [-0.15, -0.1) is 0 Å². The Balaban J connectivity index is 2.88. The third-order valence-electron chi connectivity index (χ3n) is 2.92. The Morgan fingerprint density at radius 2 is 1.57 bits per heavy atom. The molecule has 0 aliphatic carbocycles. The van der Waals surface area contributed by atoms with Crippen molar-refractivity contribution in [2.75, 3.05) is 0 Å². The molecule has 0 unspecified atom stereocenters. The van der Waals surface area contributed by atoms with E-state index in [0.717, 1.165) is 6.07 Å². The molecule has 0 spiro atoms. The number of rotatable bonds is 5. The molecule has 126 valence electrons. The molecule has 0 aromatic heterocycles. The number of carbonyl (C=O) groups is 3. The van der Waals surface area contributed by atoms with E-state index in [1.54, 1.807) is 0 Å². The van der Waals surface area contributed by atoms with Crippen molar-refractivity contribution in [3.05, 3.63) is 35.4 Å². The highest BCUT2D eigenvalue weighted by Crippen LogP contribution is 2.34. The first-order valence-electron chi connectivity index (χ1n) is 6.35. The Hall–Kier alpha value is -2.78. The summed E-state index contributed by atoms with van der Waals surface area (Å²) in [5.41, 5.74) is 8.67. The van der Waals surface area contributed by atoms with Gasteiger partial charge in [0.25, 0.3) is 0 Å². The van der Waals surface area contributed by atoms with Crippen LogP contribution in [-0.4, -0.2) is 23.9 Å². The van der Waals surface area contributed by atoms with E-state index in [9.17, 15) is 27.6 Å². The van der Waals surface area contributed by atoms with Crippen LogP contribution in [0.1, 0.15) is 24.1 Å². The minimum atomic E-state index is -4.59. The van der Waals surface area contributed by atoms with E-state index in [1.807, 2.05) is 5.32 Å². The van der Waals surface area contributed by atoms with Gasteiger partial charge in [-0.2, -0.15) is 13.2 Å². The molecule has 10 heteroatoms. The first-order valence-corrected chi connectivity index (χ1v) is 6.35. The van der Waals surface area contributed by atoms with Gasteiger partial charge in [0, 0.05) is 0 Å². The van der Waals surface area contributed by atoms with E-state index in [0.29, 0.717) is 0 Å². The lowest BCUT2D eigenvalue weighted by atomic mass is 10.0. The molecule has 0 radical (unpaired) electrons. The number of carbonyl (C=O) groups excluding carboxylic acids is 3. The Bertz CT molecular complexity index is 605. The molecule has 0 bridgehead atoms. The highest BCUT2D eigenvalue weighted by molar-refractivity contribution is 6.05. The van der Waals surface area contributed by atoms with Crippen molar-refractivity contribution in [1.29, 1.82) is 0 Å². The van der Waals surface area contributed by atoms with Gasteiger partial charge in [0.05, 0.1) is 11.6 Å². The molecule has 1 aromatic rings. The molecule has 7 nitrogen and oxygen atoms in total. The Morgan fingerprint density at radius 1 is 1.04 bits per heavy atom. The summed E-state index contributed by atoms with van der Waals surface area (Å²) >= 11 is 0. The second-order valence-corrected chi connectivity index (χ2v) is 4.66. The maximum atomic E-state index is 12.9. The summed E-state index contributed by atoms with van der Waals surface area (Å²) in [6.45, 7) is 1.31. The van der Waals surface area contributed by atoms with Gasteiger partial charge in [-0.3, -0.25) is 9.59 Å². The van der Waals surface area contributed by atoms with Crippen molar-refractivity contribution in [3.63, 3.8) is 0 Å². The number of hydrogen-bond donors (Lipinski definition) is 4. The molecule has 0 aliphatic heterocycles. The summed E-state index contributed by atoms with van der Waals surface area (Å²) in [7, 11) is 0. The van der Waals surface area contributed by atoms with Crippen LogP contribution in [0.2, 0.25) is 0 Å². The third kappa shape index (κ3) is 4.87. The molecular formula is C13H15F3N4O3. The lowest BCUT2D eigenvalue weighted by Crippen LogP contribution is -2.55. The number of urea groups is 1. The zero-order valence-electron chi connectivity index (χ0n) is 12.0. The smallest absolute Gasteiger partial charge is 0.367 e. The Labute approximate surface area is 129 Å². The monoisotopic (exact) mass is 332 g/mol. The number of nitrogens with one attached hydrogen (secondary N) is 2. The molecular weight excluding hydrogens is 317 g/mol. The predicted octanol–water partition coefficient (Wildman–Crippen LogP) is 0.405. The van der Waals surface area contributed by atoms with Gasteiger partial charge in [-0.25, -0.2) is 4.79 Å². The van der Waals surface area contributed by atoms with Crippen LogP contribution in [0.15, 0.2) is 24.3 Å². The summed E-state index contributed by atoms with van der Waals surface area (Å²) in [5.74, 6) is -2.37. The summed E-state index contributed by atoms with van der Waals surface area (Å²) in [6, 6.07) is 0.812. The van der Waals surface area contributed by atoms with Crippen molar-refractivity contribution in [3.8, 4) is 0 Å². The zero-order valence-corrected chi connectivity index (χ0v) is 12.0. The minimum Gasteiger partial charge on any atom is -0.367 e. The molecule has 0 saturated carbocycles. The highest BCUT2D eigenvalue weighted by atomic mass is 19.4. The van der Waals surface area contributed by atoms with E-state index in [4.69, 9.17) is 11.5 Å². The number of halogens is 3. The summed E-state index contributed by atoms with van der Waals surface area (Å²) in [6.07, 6.45) is -4.59. The molecule has 0 aliphatic rings. The van der Waals surface area contributed by atoms with Crippen molar-refractivity contribution < 1.29 is 27.6 Å². The fourth-order valence-corrected chi connectivity index (χ4v) is 1.86. The SMILES string of the molecule is C[C@@H](NC(=O)NC(C(N)=O)C(N)=O)c1ccccc1C(F)(F)F. The molecule has 0 heterocycles. The summed E-state index contributed by atoms with van der Waals surface area (Å²) in [5, 5.41) is 4.08. The van der Waals surface area contributed by atoms with Crippen LogP contribution < -0.4 is 22.1 Å². The van der Waals surface area contributed by atoms with E-state index < -0.39 is 41.7 Å². The van der Waals surface area contributed by atoms with Crippen LogP contribution in [0.5, 0.6) is 0 Å². The van der Waals surface area contributed by atoms with Gasteiger partial charge in [-0.05, 0) is 18.6 Å². The average Bonchev–Trinajstić information content (AvgIpc) is 2.43. The largest absolute Gasteiger partial charge is 0.416 e. The number of primary amides is 2. The first-order chi connectivity index (χ1) is 10.5. The van der Waals surface area contributed by atoms with Gasteiger partial charge in [0.1, 0.15) is 0 Å². The van der Waals surface area contributed by atoms with Crippen LogP contribution in [0.25, 0.3) is 0 Å². The van der Waals surface area contributed by atoms with Gasteiger partial charge in [-0.1, -0.05) is 18.2 Å². The fourth-order valence-electron chi connectivity index (χ4n) is 1.86. The second-order valence-electron chi connectivity index (χ2n) is 4.66. The van der Waals surface area contributed by atoms with Crippen molar-refractivity contribution in [2.24, 2.45) is 11.5 Å². The number of amides is 4. The molecule has 6 N–H and O–H groups in total. The summed E-state index contributed by atoms with van der Waals surface area (Å²) < 4.78 is 38.8. The number of benzene rings is 1. The van der Waals surface area contributed by atoms with Gasteiger partial charge >= 0.3 is 12.2 Å². The maximum absolute atomic E-state index is 12.9. The van der Waals surface area contributed by atoms with Crippen molar-refractivity contribution >= 4 is 17.8 Å². The van der Waals surface area contributed by atoms with Crippen LogP contribution in [0, 0.1) is 0 Å². The lowest BCUT2D eigenvalue weighted by Gasteiger charge is -2.20. The van der Waals surface area contributed by atoms with E-state index >= 15 is 0 Å². The highest BCUT2D eigenvalue weighted by Gasteiger charge is 2.34. The van der Waals surface area contributed by atoms with E-state index in [2.05, 4.69) is 5.32 Å². The maximum Gasteiger partial charge on any atom is 0.416 e. The molecule has 0 fully saturated rings. The Kier molecular flexibility index (Phi) is 5.55. The minimum absolute atomic E-state index is 0.176. The molecule has 1 aromatic carbocycles. The standard InChI is InChI=1S/C13H15F3N4O3/c1-6(7-4-2-3-5-8(7)13(14,15)16)19-12(23)20-9(10(17)21)11(18)22/h2-6,9H,1H3,(H2,17,21)(H2,18,22)(H2,19,20,23)/t6-/m1/s1. The Morgan fingerprint density at radius 3 is 2.04 bits per heavy atom. The normalized spacial score (nSPS) is 12.6. The van der Waals surface area contributed by atoms with Crippen LogP contribution in [0.3, 0.4) is 0 Å². The zero-order chi connectivity index (χ0) is 17.8. The average molecular weight is 332 g/mol. The topological polar surface area (TPSA) is 127 Å². The molecule has 4 amide bonds. The van der Waals surface area contributed by atoms with Crippen LogP contribution in [0.4, 0.5) is 18.0 Å².